The minimum absolute atomic E-state index is 0.144. The Morgan fingerprint density at radius 3 is 2.50 bits per heavy atom. The molecule has 5 nitrogen and oxygen atoms in total. The molecule has 6 heteroatoms. The van der Waals surface area contributed by atoms with Crippen LogP contribution in [0.5, 0.6) is 0 Å². The quantitative estimate of drug-likeness (QED) is 0.794. The molecule has 2 aromatic rings. The van der Waals surface area contributed by atoms with Crippen LogP contribution in [0.25, 0.3) is 0 Å². The summed E-state index contributed by atoms with van der Waals surface area (Å²) in [4.78, 5) is 14.1. The minimum atomic E-state index is -3.53. The van der Waals surface area contributed by atoms with Gasteiger partial charge < -0.3 is 4.90 Å². The number of carbonyl (C=O) groups is 1. The summed E-state index contributed by atoms with van der Waals surface area (Å²) in [6.07, 6.45) is 3.40. The van der Waals surface area contributed by atoms with Gasteiger partial charge in [-0.2, -0.15) is 0 Å². The minimum Gasteiger partial charge on any atom is -0.312 e. The Balaban J connectivity index is 1.46. The zero-order valence-electron chi connectivity index (χ0n) is 14.6. The van der Waals surface area contributed by atoms with Crippen molar-refractivity contribution >= 4 is 21.6 Å². The van der Waals surface area contributed by atoms with Crippen LogP contribution in [0.1, 0.15) is 29.5 Å². The highest BCUT2D eigenvalue weighted by Crippen LogP contribution is 2.38. The van der Waals surface area contributed by atoms with E-state index in [1.807, 2.05) is 30.3 Å². The summed E-state index contributed by atoms with van der Waals surface area (Å²) >= 11 is 0. The summed E-state index contributed by atoms with van der Waals surface area (Å²) in [6.45, 7) is 1.07. The van der Waals surface area contributed by atoms with Gasteiger partial charge >= 0.3 is 0 Å². The summed E-state index contributed by atoms with van der Waals surface area (Å²) in [5.74, 6) is 0.144. The van der Waals surface area contributed by atoms with Gasteiger partial charge in [0.05, 0.1) is 10.6 Å². The van der Waals surface area contributed by atoms with Gasteiger partial charge in [0, 0.05) is 19.5 Å². The third-order valence-corrected chi connectivity index (χ3v) is 6.55. The molecule has 0 bridgehead atoms. The summed E-state index contributed by atoms with van der Waals surface area (Å²) in [5, 5.41) is 0. The van der Waals surface area contributed by atoms with E-state index in [0.717, 1.165) is 36.1 Å². The normalized spacial score (nSPS) is 16.0. The van der Waals surface area contributed by atoms with Crippen molar-refractivity contribution in [2.75, 3.05) is 18.0 Å². The Kier molecular flexibility index (Phi) is 4.54. The SMILES string of the molecule is O=C1CCc2cc(S(=O)(=O)NCCCc3ccccc3)cc3c2N1CC3. The average Bonchev–Trinajstić information content (AvgIpc) is 3.08. The van der Waals surface area contributed by atoms with Crippen LogP contribution in [0.4, 0.5) is 5.69 Å². The molecule has 0 spiro atoms. The third-order valence-electron chi connectivity index (χ3n) is 5.11. The van der Waals surface area contributed by atoms with Gasteiger partial charge in [-0.25, -0.2) is 13.1 Å². The zero-order valence-corrected chi connectivity index (χ0v) is 15.4. The summed E-state index contributed by atoms with van der Waals surface area (Å²) in [6, 6.07) is 13.5. The van der Waals surface area contributed by atoms with Crippen LogP contribution < -0.4 is 9.62 Å². The second kappa shape index (κ2) is 6.85. The number of nitrogens with zero attached hydrogens (tertiary/aromatic N) is 1. The molecule has 0 unspecified atom stereocenters. The van der Waals surface area contributed by atoms with Gasteiger partial charge in [0.25, 0.3) is 0 Å². The van der Waals surface area contributed by atoms with Gasteiger partial charge in [0.2, 0.25) is 15.9 Å². The summed E-state index contributed by atoms with van der Waals surface area (Å²) < 4.78 is 28.1. The number of benzene rings is 2. The Hall–Kier alpha value is -2.18. The van der Waals surface area contributed by atoms with Crippen LogP contribution >= 0.6 is 0 Å². The smallest absolute Gasteiger partial charge is 0.240 e. The number of sulfonamides is 1. The maximum atomic E-state index is 12.7. The molecule has 2 heterocycles. The molecule has 26 heavy (non-hydrogen) atoms. The van der Waals surface area contributed by atoms with Gasteiger partial charge in [-0.1, -0.05) is 30.3 Å². The lowest BCUT2D eigenvalue weighted by molar-refractivity contribution is -0.118. The number of hydrogen-bond donors (Lipinski definition) is 1. The van der Waals surface area contributed by atoms with Crippen molar-refractivity contribution in [1.29, 1.82) is 0 Å². The first-order valence-electron chi connectivity index (χ1n) is 9.04. The molecule has 0 atom stereocenters. The van der Waals surface area contributed by atoms with Gasteiger partial charge in [-0.05, 0) is 54.5 Å². The average molecular weight is 370 g/mol. The predicted molar refractivity (Wildman–Crippen MR) is 101 cm³/mol. The van der Waals surface area contributed by atoms with E-state index in [4.69, 9.17) is 0 Å². The van der Waals surface area contributed by atoms with Gasteiger partial charge in [0.15, 0.2) is 0 Å². The number of hydrogen-bond acceptors (Lipinski definition) is 3. The van der Waals surface area contributed by atoms with Crippen LogP contribution in [0.3, 0.4) is 0 Å². The van der Waals surface area contributed by atoms with Crippen LogP contribution in [-0.4, -0.2) is 27.4 Å². The van der Waals surface area contributed by atoms with Crippen molar-refractivity contribution in [3.8, 4) is 0 Å². The van der Waals surface area contributed by atoms with E-state index in [1.165, 1.54) is 5.56 Å². The van der Waals surface area contributed by atoms with E-state index in [0.29, 0.717) is 30.8 Å². The van der Waals surface area contributed by atoms with Crippen molar-refractivity contribution < 1.29 is 13.2 Å². The van der Waals surface area contributed by atoms with Crippen LogP contribution in [0.15, 0.2) is 47.4 Å². The monoisotopic (exact) mass is 370 g/mol. The number of rotatable bonds is 6. The molecule has 0 aliphatic carbocycles. The number of carbonyl (C=O) groups excluding carboxylic acids is 1. The molecule has 4 rings (SSSR count). The van der Waals surface area contributed by atoms with Crippen molar-refractivity contribution in [3.05, 3.63) is 59.2 Å². The first-order valence-corrected chi connectivity index (χ1v) is 10.5. The first kappa shape index (κ1) is 17.2. The van der Waals surface area contributed by atoms with E-state index >= 15 is 0 Å². The molecule has 0 saturated heterocycles. The highest BCUT2D eigenvalue weighted by molar-refractivity contribution is 7.89. The molecule has 1 amide bonds. The molecular formula is C20H22N2O3S. The van der Waals surface area contributed by atoms with Crippen molar-refractivity contribution in [2.24, 2.45) is 0 Å². The molecule has 0 saturated carbocycles. The number of nitrogens with one attached hydrogen (secondary N) is 1. The molecule has 2 aromatic carbocycles. The van der Waals surface area contributed by atoms with Crippen molar-refractivity contribution in [2.45, 2.75) is 37.0 Å². The molecular weight excluding hydrogens is 348 g/mol. The van der Waals surface area contributed by atoms with Gasteiger partial charge in [0.1, 0.15) is 0 Å². The molecule has 136 valence electrons. The molecule has 1 N–H and O–H groups in total. The van der Waals surface area contributed by atoms with Crippen molar-refractivity contribution in [1.82, 2.24) is 4.72 Å². The maximum Gasteiger partial charge on any atom is 0.240 e. The lowest BCUT2D eigenvalue weighted by Gasteiger charge is -2.25. The third kappa shape index (κ3) is 3.27. The molecule has 0 radical (unpaired) electrons. The second-order valence-corrected chi connectivity index (χ2v) is 8.64. The van der Waals surface area contributed by atoms with E-state index in [2.05, 4.69) is 4.72 Å². The molecule has 0 aromatic heterocycles. The molecule has 2 aliphatic rings. The second-order valence-electron chi connectivity index (χ2n) is 6.87. The molecule has 2 aliphatic heterocycles. The zero-order chi connectivity index (χ0) is 18.1. The summed E-state index contributed by atoms with van der Waals surface area (Å²) in [5.41, 5.74) is 4.10. The highest BCUT2D eigenvalue weighted by atomic mass is 32.2. The fraction of sp³-hybridized carbons (Fsp3) is 0.350. The molecule has 0 fully saturated rings. The largest absolute Gasteiger partial charge is 0.312 e. The van der Waals surface area contributed by atoms with E-state index < -0.39 is 10.0 Å². The van der Waals surface area contributed by atoms with E-state index in [1.54, 1.807) is 17.0 Å². The van der Waals surface area contributed by atoms with Crippen LogP contribution in [0.2, 0.25) is 0 Å². The Morgan fingerprint density at radius 2 is 1.73 bits per heavy atom. The van der Waals surface area contributed by atoms with Crippen LogP contribution in [-0.2, 0) is 34.1 Å². The lowest BCUT2D eigenvalue weighted by atomic mass is 10.00. The standard InChI is InChI=1S/C20H22N2O3S/c23-19-9-8-16-13-18(14-17-10-12-22(19)20(16)17)26(24,25)21-11-4-7-15-5-2-1-3-6-15/h1-3,5-6,13-14,21H,4,7-12H2. The van der Waals surface area contributed by atoms with E-state index in [9.17, 15) is 13.2 Å². The fourth-order valence-electron chi connectivity index (χ4n) is 3.81. The number of anilines is 1. The fourth-order valence-corrected chi connectivity index (χ4v) is 4.98. The van der Waals surface area contributed by atoms with Crippen molar-refractivity contribution in [3.63, 3.8) is 0 Å². The number of amides is 1. The van der Waals surface area contributed by atoms with Gasteiger partial charge in [-0.3, -0.25) is 4.79 Å². The first-order chi connectivity index (χ1) is 12.5. The Bertz CT molecular complexity index is 939. The van der Waals surface area contributed by atoms with Gasteiger partial charge in [-0.15, -0.1) is 0 Å². The topological polar surface area (TPSA) is 66.5 Å². The predicted octanol–water partition coefficient (Wildman–Crippen LogP) is 2.43. The highest BCUT2D eigenvalue weighted by Gasteiger charge is 2.32. The van der Waals surface area contributed by atoms with Crippen LogP contribution in [0, 0.1) is 0 Å². The number of aryl methyl sites for hydroxylation is 2. The Labute approximate surface area is 154 Å². The lowest BCUT2D eigenvalue weighted by Crippen LogP contribution is -2.33. The summed E-state index contributed by atoms with van der Waals surface area (Å²) in [7, 11) is -3.53. The van der Waals surface area contributed by atoms with E-state index in [-0.39, 0.29) is 5.91 Å². The Morgan fingerprint density at radius 1 is 1.00 bits per heavy atom. The maximum absolute atomic E-state index is 12.7.